The lowest BCUT2D eigenvalue weighted by Crippen LogP contribution is -2.22. The third kappa shape index (κ3) is 3.23. The van der Waals surface area contributed by atoms with Crippen LogP contribution in [0.1, 0.15) is 29.9 Å². The van der Waals surface area contributed by atoms with Gasteiger partial charge in [0.15, 0.2) is 11.5 Å². The molecule has 0 aromatic heterocycles. The molecule has 0 bridgehead atoms. The molecular weight excluding hydrogens is 332 g/mol. The lowest BCUT2D eigenvalue weighted by Gasteiger charge is -2.33. The fraction of sp³-hybridized carbons (Fsp3) is 0.333. The van der Waals surface area contributed by atoms with E-state index in [2.05, 4.69) is 30.8 Å². The summed E-state index contributed by atoms with van der Waals surface area (Å²) < 4.78 is 16.4. The number of hydrogen-bond acceptors (Lipinski definition) is 4. The van der Waals surface area contributed by atoms with Crippen LogP contribution < -0.4 is 14.2 Å². The predicted molar refractivity (Wildman–Crippen MR) is 101 cm³/mol. The molecule has 1 aliphatic heterocycles. The van der Waals surface area contributed by atoms with Crippen LogP contribution in [0.4, 0.5) is 0 Å². The molecule has 4 rings (SSSR count). The molecule has 0 fully saturated rings. The number of ether oxygens (including phenoxy) is 3. The van der Waals surface area contributed by atoms with Crippen LogP contribution in [-0.4, -0.2) is 19.2 Å². The first kappa shape index (κ1) is 16.4. The van der Waals surface area contributed by atoms with Crippen molar-refractivity contribution in [2.75, 3.05) is 13.9 Å². The lowest BCUT2D eigenvalue weighted by molar-refractivity contribution is 0.174. The summed E-state index contributed by atoms with van der Waals surface area (Å²) in [6.45, 7) is 4.31. The zero-order chi connectivity index (χ0) is 17.2. The fourth-order valence-electron chi connectivity index (χ4n) is 3.69. The zero-order valence-corrected chi connectivity index (χ0v) is 15.2. The van der Waals surface area contributed by atoms with Gasteiger partial charge in [0.05, 0.1) is 7.11 Å². The lowest BCUT2D eigenvalue weighted by atomic mass is 9.80. The van der Waals surface area contributed by atoms with Gasteiger partial charge in [0, 0.05) is 10.1 Å². The second-order valence-electron chi connectivity index (χ2n) is 6.41. The van der Waals surface area contributed by atoms with Crippen molar-refractivity contribution in [2.24, 2.45) is 0 Å². The van der Waals surface area contributed by atoms with Crippen molar-refractivity contribution >= 4 is 11.8 Å². The SMILES string of the molecule is C=CCC1c2cc3c(cc2CCC1Sc1ccc(OC)cc1)OCO3. The molecular formula is C21H22O3S. The summed E-state index contributed by atoms with van der Waals surface area (Å²) in [4.78, 5) is 1.28. The van der Waals surface area contributed by atoms with Crippen LogP contribution in [0, 0.1) is 0 Å². The van der Waals surface area contributed by atoms with Crippen LogP contribution in [0.15, 0.2) is 53.9 Å². The second-order valence-corrected chi connectivity index (χ2v) is 7.72. The molecule has 0 spiro atoms. The van der Waals surface area contributed by atoms with Gasteiger partial charge in [0.25, 0.3) is 0 Å². The van der Waals surface area contributed by atoms with Gasteiger partial charge in [-0.25, -0.2) is 0 Å². The van der Waals surface area contributed by atoms with E-state index >= 15 is 0 Å². The smallest absolute Gasteiger partial charge is 0.231 e. The van der Waals surface area contributed by atoms with Crippen molar-refractivity contribution in [3.63, 3.8) is 0 Å². The summed E-state index contributed by atoms with van der Waals surface area (Å²) in [5.74, 6) is 3.11. The second kappa shape index (κ2) is 7.04. The first-order valence-corrected chi connectivity index (χ1v) is 9.50. The summed E-state index contributed by atoms with van der Waals surface area (Å²) in [7, 11) is 1.70. The number of rotatable bonds is 5. The van der Waals surface area contributed by atoms with Gasteiger partial charge in [-0.1, -0.05) is 6.08 Å². The number of hydrogen-bond donors (Lipinski definition) is 0. The molecule has 0 radical (unpaired) electrons. The molecule has 25 heavy (non-hydrogen) atoms. The Balaban J connectivity index is 1.61. The minimum atomic E-state index is 0.328. The number of thioether (sulfide) groups is 1. The standard InChI is InChI=1S/C21H22O3S/c1-3-4-17-18-12-20-19(23-13-24-20)11-14(18)5-10-21(17)25-16-8-6-15(22-2)7-9-16/h3,6-9,11-12,17,21H,1,4-5,10,13H2,2H3. The highest BCUT2D eigenvalue weighted by Gasteiger charge is 2.31. The van der Waals surface area contributed by atoms with Crippen LogP contribution in [0.5, 0.6) is 17.2 Å². The van der Waals surface area contributed by atoms with Crippen LogP contribution in [-0.2, 0) is 6.42 Å². The predicted octanol–water partition coefficient (Wildman–Crippen LogP) is 5.19. The van der Waals surface area contributed by atoms with E-state index in [-0.39, 0.29) is 0 Å². The topological polar surface area (TPSA) is 27.7 Å². The van der Waals surface area contributed by atoms with Crippen molar-refractivity contribution in [2.45, 2.75) is 35.3 Å². The molecule has 130 valence electrons. The van der Waals surface area contributed by atoms with Crippen molar-refractivity contribution < 1.29 is 14.2 Å². The van der Waals surface area contributed by atoms with Crippen LogP contribution in [0.2, 0.25) is 0 Å². The molecule has 1 aliphatic carbocycles. The molecule has 3 nitrogen and oxygen atoms in total. The van der Waals surface area contributed by atoms with Crippen LogP contribution >= 0.6 is 11.8 Å². The van der Waals surface area contributed by atoms with E-state index < -0.39 is 0 Å². The Morgan fingerprint density at radius 3 is 2.68 bits per heavy atom. The zero-order valence-electron chi connectivity index (χ0n) is 14.4. The van der Waals surface area contributed by atoms with Gasteiger partial charge in [0.1, 0.15) is 5.75 Å². The minimum Gasteiger partial charge on any atom is -0.497 e. The van der Waals surface area contributed by atoms with Gasteiger partial charge in [-0.15, -0.1) is 18.3 Å². The summed E-state index contributed by atoms with van der Waals surface area (Å²) >= 11 is 1.95. The van der Waals surface area contributed by atoms with Crippen molar-refractivity contribution in [3.8, 4) is 17.2 Å². The van der Waals surface area contributed by atoms with Crippen molar-refractivity contribution in [1.82, 2.24) is 0 Å². The molecule has 0 amide bonds. The quantitative estimate of drug-likeness (QED) is 0.691. The first-order chi connectivity index (χ1) is 12.3. The van der Waals surface area contributed by atoms with E-state index in [4.69, 9.17) is 14.2 Å². The average Bonchev–Trinajstić information content (AvgIpc) is 3.10. The largest absolute Gasteiger partial charge is 0.497 e. The molecule has 2 aliphatic rings. The molecule has 0 N–H and O–H groups in total. The van der Waals surface area contributed by atoms with Crippen molar-refractivity contribution in [1.29, 1.82) is 0 Å². The number of methoxy groups -OCH3 is 1. The first-order valence-electron chi connectivity index (χ1n) is 8.62. The van der Waals surface area contributed by atoms with E-state index in [9.17, 15) is 0 Å². The molecule has 2 aromatic carbocycles. The third-order valence-electron chi connectivity index (χ3n) is 4.95. The van der Waals surface area contributed by atoms with E-state index in [1.807, 2.05) is 30.0 Å². The molecule has 2 atom stereocenters. The Morgan fingerprint density at radius 2 is 1.96 bits per heavy atom. The Bertz CT molecular complexity index is 769. The molecule has 0 saturated carbocycles. The summed E-state index contributed by atoms with van der Waals surface area (Å²) in [5, 5.41) is 0.527. The van der Waals surface area contributed by atoms with Gasteiger partial charge in [-0.05, 0) is 72.7 Å². The highest BCUT2D eigenvalue weighted by Crippen LogP contribution is 2.47. The van der Waals surface area contributed by atoms with E-state index in [1.54, 1.807) is 7.11 Å². The highest BCUT2D eigenvalue weighted by molar-refractivity contribution is 8.00. The monoisotopic (exact) mass is 354 g/mol. The van der Waals surface area contributed by atoms with E-state index in [0.29, 0.717) is 18.0 Å². The number of benzene rings is 2. The van der Waals surface area contributed by atoms with E-state index in [1.165, 1.54) is 16.0 Å². The van der Waals surface area contributed by atoms with Crippen LogP contribution in [0.3, 0.4) is 0 Å². The van der Waals surface area contributed by atoms with Gasteiger partial charge >= 0.3 is 0 Å². The number of fused-ring (bicyclic) bond motifs is 2. The third-order valence-corrected chi connectivity index (χ3v) is 6.36. The van der Waals surface area contributed by atoms with Gasteiger partial charge < -0.3 is 14.2 Å². The Labute approximate surface area is 153 Å². The summed E-state index contributed by atoms with van der Waals surface area (Å²) in [5.41, 5.74) is 2.78. The van der Waals surface area contributed by atoms with Crippen molar-refractivity contribution in [3.05, 3.63) is 60.2 Å². The van der Waals surface area contributed by atoms with Gasteiger partial charge in [-0.3, -0.25) is 0 Å². The maximum atomic E-state index is 5.60. The number of aryl methyl sites for hydroxylation is 1. The normalized spacial score (nSPS) is 20.8. The molecule has 1 heterocycles. The number of allylic oxidation sites excluding steroid dienone is 1. The molecule has 2 unspecified atom stereocenters. The molecule has 4 heteroatoms. The molecule has 0 saturated heterocycles. The maximum Gasteiger partial charge on any atom is 0.231 e. The average molecular weight is 354 g/mol. The Kier molecular flexibility index (Phi) is 4.62. The van der Waals surface area contributed by atoms with Crippen LogP contribution in [0.25, 0.3) is 0 Å². The Morgan fingerprint density at radius 1 is 1.20 bits per heavy atom. The fourth-order valence-corrected chi connectivity index (χ4v) is 4.99. The van der Waals surface area contributed by atoms with Gasteiger partial charge in [-0.2, -0.15) is 0 Å². The highest BCUT2D eigenvalue weighted by atomic mass is 32.2. The Hall–Kier alpha value is -2.07. The molecule has 2 aromatic rings. The summed E-state index contributed by atoms with van der Waals surface area (Å²) in [6.07, 6.45) is 5.24. The minimum absolute atomic E-state index is 0.328. The van der Waals surface area contributed by atoms with E-state index in [0.717, 1.165) is 36.5 Å². The maximum absolute atomic E-state index is 5.60. The summed E-state index contributed by atoms with van der Waals surface area (Å²) in [6, 6.07) is 12.7. The van der Waals surface area contributed by atoms with Gasteiger partial charge in [0.2, 0.25) is 6.79 Å².